The third-order valence-electron chi connectivity index (χ3n) is 3.20. The SMILES string of the molecule is C=CC[C@H](CO[Si](C)(C)C(C)(C)C)OC. The Bertz CT molecular complexity index is 194. The highest BCUT2D eigenvalue weighted by molar-refractivity contribution is 6.74. The zero-order valence-corrected chi connectivity index (χ0v) is 12.1. The van der Waals surface area contributed by atoms with Crippen molar-refractivity contribution in [2.45, 2.75) is 51.4 Å². The Morgan fingerprint density at radius 2 is 1.87 bits per heavy atom. The largest absolute Gasteiger partial charge is 0.414 e. The van der Waals surface area contributed by atoms with Gasteiger partial charge in [-0.15, -0.1) is 6.58 Å². The van der Waals surface area contributed by atoms with Gasteiger partial charge in [0.1, 0.15) is 0 Å². The third-order valence-corrected chi connectivity index (χ3v) is 7.70. The van der Waals surface area contributed by atoms with Crippen molar-refractivity contribution < 1.29 is 9.16 Å². The second-order valence-corrected chi connectivity index (χ2v) is 10.3. The van der Waals surface area contributed by atoms with Gasteiger partial charge in [-0.25, -0.2) is 0 Å². The molecule has 0 radical (unpaired) electrons. The fourth-order valence-corrected chi connectivity index (χ4v) is 1.97. The summed E-state index contributed by atoms with van der Waals surface area (Å²) in [6.07, 6.45) is 2.88. The van der Waals surface area contributed by atoms with E-state index in [0.29, 0.717) is 6.61 Å². The second-order valence-electron chi connectivity index (χ2n) is 5.45. The molecule has 0 saturated carbocycles. The first-order chi connectivity index (χ1) is 6.74. The first-order valence-electron chi connectivity index (χ1n) is 5.52. The highest BCUT2D eigenvalue weighted by atomic mass is 28.4. The standard InChI is InChI=1S/C12H26O2Si/c1-8-9-11(13-5)10-14-15(6,7)12(2,3)4/h8,11H,1,9-10H2,2-7H3/t11-/m1/s1. The second kappa shape index (κ2) is 5.82. The van der Waals surface area contributed by atoms with Gasteiger partial charge in [0.2, 0.25) is 0 Å². The van der Waals surface area contributed by atoms with Gasteiger partial charge in [0.05, 0.1) is 12.7 Å². The predicted octanol–water partition coefficient (Wildman–Crippen LogP) is 3.60. The molecule has 0 N–H and O–H groups in total. The minimum absolute atomic E-state index is 0.150. The Kier molecular flexibility index (Phi) is 5.78. The van der Waals surface area contributed by atoms with Crippen LogP contribution in [0.2, 0.25) is 18.1 Å². The lowest BCUT2D eigenvalue weighted by molar-refractivity contribution is 0.0554. The molecule has 0 saturated heterocycles. The van der Waals surface area contributed by atoms with Crippen molar-refractivity contribution in [1.29, 1.82) is 0 Å². The van der Waals surface area contributed by atoms with Crippen LogP contribution in [0, 0.1) is 0 Å². The summed E-state index contributed by atoms with van der Waals surface area (Å²) in [5, 5.41) is 0.263. The molecule has 15 heavy (non-hydrogen) atoms. The average Bonchev–Trinajstić information content (AvgIpc) is 2.10. The summed E-state index contributed by atoms with van der Waals surface area (Å²) in [5.41, 5.74) is 0. The molecule has 0 aliphatic carbocycles. The third kappa shape index (κ3) is 4.95. The zero-order chi connectivity index (χ0) is 12.1. The van der Waals surface area contributed by atoms with E-state index in [1.165, 1.54) is 0 Å². The number of hydrogen-bond acceptors (Lipinski definition) is 2. The Morgan fingerprint density at radius 3 is 2.20 bits per heavy atom. The van der Waals surface area contributed by atoms with Gasteiger partial charge in [-0.3, -0.25) is 0 Å². The molecule has 0 heterocycles. The van der Waals surface area contributed by atoms with Crippen LogP contribution in [0.15, 0.2) is 12.7 Å². The van der Waals surface area contributed by atoms with Crippen LogP contribution >= 0.6 is 0 Å². The van der Waals surface area contributed by atoms with Crippen LogP contribution in [-0.2, 0) is 9.16 Å². The van der Waals surface area contributed by atoms with E-state index in [4.69, 9.17) is 9.16 Å². The maximum atomic E-state index is 6.07. The summed E-state index contributed by atoms with van der Waals surface area (Å²) in [6, 6.07) is 0. The molecule has 1 atom stereocenters. The van der Waals surface area contributed by atoms with Crippen LogP contribution in [0.1, 0.15) is 27.2 Å². The normalized spacial score (nSPS) is 15.1. The van der Waals surface area contributed by atoms with Crippen LogP contribution in [0.3, 0.4) is 0 Å². The van der Waals surface area contributed by atoms with Gasteiger partial charge in [-0.1, -0.05) is 26.8 Å². The number of methoxy groups -OCH3 is 1. The minimum Gasteiger partial charge on any atom is -0.414 e. The van der Waals surface area contributed by atoms with Gasteiger partial charge >= 0.3 is 0 Å². The van der Waals surface area contributed by atoms with Crippen molar-refractivity contribution in [3.63, 3.8) is 0 Å². The van der Waals surface area contributed by atoms with E-state index in [0.717, 1.165) is 6.42 Å². The maximum absolute atomic E-state index is 6.07. The van der Waals surface area contributed by atoms with Gasteiger partial charge < -0.3 is 9.16 Å². The lowest BCUT2D eigenvalue weighted by atomic mass is 10.2. The van der Waals surface area contributed by atoms with E-state index in [2.05, 4.69) is 40.4 Å². The Balaban J connectivity index is 4.18. The highest BCUT2D eigenvalue weighted by Crippen LogP contribution is 2.36. The summed E-state index contributed by atoms with van der Waals surface area (Å²) < 4.78 is 11.4. The van der Waals surface area contributed by atoms with Crippen LogP contribution in [0.5, 0.6) is 0 Å². The summed E-state index contributed by atoms with van der Waals surface area (Å²) in [6.45, 7) is 15.6. The maximum Gasteiger partial charge on any atom is 0.192 e. The van der Waals surface area contributed by atoms with Crippen molar-refractivity contribution in [3.05, 3.63) is 12.7 Å². The Hall–Kier alpha value is -0.123. The summed E-state index contributed by atoms with van der Waals surface area (Å²) in [7, 11) is 0.0981. The summed E-state index contributed by atoms with van der Waals surface area (Å²) in [4.78, 5) is 0. The fraction of sp³-hybridized carbons (Fsp3) is 0.833. The molecule has 0 bridgehead atoms. The van der Waals surface area contributed by atoms with Gasteiger partial charge in [0, 0.05) is 7.11 Å². The molecule has 0 aromatic carbocycles. The van der Waals surface area contributed by atoms with Crippen LogP contribution < -0.4 is 0 Å². The monoisotopic (exact) mass is 230 g/mol. The average molecular weight is 230 g/mol. The van der Waals surface area contributed by atoms with Crippen molar-refractivity contribution in [2.75, 3.05) is 13.7 Å². The molecule has 3 heteroatoms. The van der Waals surface area contributed by atoms with Crippen LogP contribution in [-0.4, -0.2) is 28.1 Å². The Morgan fingerprint density at radius 1 is 1.33 bits per heavy atom. The molecule has 0 aliphatic heterocycles. The molecule has 0 rings (SSSR count). The number of hydrogen-bond donors (Lipinski definition) is 0. The molecule has 0 fully saturated rings. The number of rotatable bonds is 6. The lowest BCUT2D eigenvalue weighted by Gasteiger charge is -2.37. The van der Waals surface area contributed by atoms with Crippen molar-refractivity contribution in [3.8, 4) is 0 Å². The van der Waals surface area contributed by atoms with E-state index in [1.54, 1.807) is 7.11 Å². The molecule has 0 aliphatic rings. The molecule has 0 aromatic rings. The summed E-state index contributed by atoms with van der Waals surface area (Å²) >= 11 is 0. The topological polar surface area (TPSA) is 18.5 Å². The van der Waals surface area contributed by atoms with Crippen molar-refractivity contribution >= 4 is 8.32 Å². The van der Waals surface area contributed by atoms with Crippen LogP contribution in [0.4, 0.5) is 0 Å². The zero-order valence-electron chi connectivity index (χ0n) is 11.1. The van der Waals surface area contributed by atoms with E-state index >= 15 is 0 Å². The van der Waals surface area contributed by atoms with Gasteiger partial charge in [-0.2, -0.15) is 0 Å². The molecule has 2 nitrogen and oxygen atoms in total. The molecule has 0 spiro atoms. The predicted molar refractivity (Wildman–Crippen MR) is 68.8 cm³/mol. The first-order valence-corrected chi connectivity index (χ1v) is 8.43. The Labute approximate surface area is 95.8 Å². The van der Waals surface area contributed by atoms with Crippen molar-refractivity contribution in [2.24, 2.45) is 0 Å². The van der Waals surface area contributed by atoms with Crippen molar-refractivity contribution in [1.82, 2.24) is 0 Å². The molecule has 90 valence electrons. The first kappa shape index (κ1) is 14.9. The fourth-order valence-electron chi connectivity index (χ4n) is 0.936. The lowest BCUT2D eigenvalue weighted by Crippen LogP contribution is -2.42. The quantitative estimate of drug-likeness (QED) is 0.513. The van der Waals surface area contributed by atoms with E-state index in [9.17, 15) is 0 Å². The molecule has 0 aromatic heterocycles. The summed E-state index contributed by atoms with van der Waals surface area (Å²) in [5.74, 6) is 0. The molecule has 0 amide bonds. The van der Waals surface area contributed by atoms with Gasteiger partial charge in [0.25, 0.3) is 0 Å². The van der Waals surface area contributed by atoms with Crippen LogP contribution in [0.25, 0.3) is 0 Å². The molecular formula is C12H26O2Si. The molecular weight excluding hydrogens is 204 g/mol. The van der Waals surface area contributed by atoms with Gasteiger partial charge in [0.15, 0.2) is 8.32 Å². The van der Waals surface area contributed by atoms with Gasteiger partial charge in [-0.05, 0) is 24.6 Å². The smallest absolute Gasteiger partial charge is 0.192 e. The minimum atomic E-state index is -1.63. The molecule has 0 unspecified atom stereocenters. The van der Waals surface area contributed by atoms with E-state index < -0.39 is 8.32 Å². The van der Waals surface area contributed by atoms with E-state index in [1.807, 2.05) is 6.08 Å². The number of ether oxygens (including phenoxy) is 1. The van der Waals surface area contributed by atoms with E-state index in [-0.39, 0.29) is 11.1 Å². The highest BCUT2D eigenvalue weighted by Gasteiger charge is 2.37.